The van der Waals surface area contributed by atoms with E-state index in [2.05, 4.69) is 20.8 Å². The van der Waals surface area contributed by atoms with E-state index in [0.717, 1.165) is 12.0 Å². The van der Waals surface area contributed by atoms with Gasteiger partial charge in [-0.3, -0.25) is 4.79 Å². The lowest BCUT2D eigenvalue weighted by molar-refractivity contribution is -0.139. The maximum Gasteiger partial charge on any atom is 0.303 e. The minimum absolute atomic E-state index is 0.00546. The van der Waals surface area contributed by atoms with E-state index in [1.807, 2.05) is 30.3 Å². The molecule has 0 aliphatic carbocycles. The van der Waals surface area contributed by atoms with Gasteiger partial charge in [-0.1, -0.05) is 51.1 Å². The van der Waals surface area contributed by atoms with Crippen molar-refractivity contribution in [3.8, 4) is 0 Å². The standard InChI is InChI=1S/C16H24O3/c1-16(2,3)14(11-15(17)18)9-10-19-12-13-7-5-4-6-8-13/h4-8,14H,9-12H2,1-3H3,(H,17,18)/t14-/m0/s1. The van der Waals surface area contributed by atoms with E-state index in [1.165, 1.54) is 0 Å². The second-order valence-electron chi connectivity index (χ2n) is 5.99. The number of hydrogen-bond acceptors (Lipinski definition) is 2. The van der Waals surface area contributed by atoms with Gasteiger partial charge >= 0.3 is 5.97 Å². The fourth-order valence-electron chi connectivity index (χ4n) is 2.04. The molecule has 19 heavy (non-hydrogen) atoms. The van der Waals surface area contributed by atoms with Crippen LogP contribution in [0.5, 0.6) is 0 Å². The van der Waals surface area contributed by atoms with Crippen LogP contribution >= 0.6 is 0 Å². The zero-order valence-electron chi connectivity index (χ0n) is 12.1. The van der Waals surface area contributed by atoms with Crippen molar-refractivity contribution in [3.63, 3.8) is 0 Å². The Balaban J connectivity index is 2.34. The highest BCUT2D eigenvalue weighted by molar-refractivity contribution is 5.67. The summed E-state index contributed by atoms with van der Waals surface area (Å²) in [5.74, 6) is -0.594. The summed E-state index contributed by atoms with van der Waals surface area (Å²) in [7, 11) is 0. The molecule has 1 rings (SSSR count). The molecule has 0 fully saturated rings. The molecule has 0 heterocycles. The molecule has 0 saturated heterocycles. The van der Waals surface area contributed by atoms with E-state index in [-0.39, 0.29) is 17.8 Å². The lowest BCUT2D eigenvalue weighted by Crippen LogP contribution is -2.24. The summed E-state index contributed by atoms with van der Waals surface area (Å²) in [5, 5.41) is 8.94. The number of carboxylic acids is 1. The van der Waals surface area contributed by atoms with Crippen LogP contribution in [0, 0.1) is 11.3 Å². The van der Waals surface area contributed by atoms with Gasteiger partial charge in [0.1, 0.15) is 0 Å². The van der Waals surface area contributed by atoms with Crippen LogP contribution in [0.25, 0.3) is 0 Å². The topological polar surface area (TPSA) is 46.5 Å². The molecule has 106 valence electrons. The van der Waals surface area contributed by atoms with Crippen molar-refractivity contribution < 1.29 is 14.6 Å². The normalized spacial score (nSPS) is 13.2. The SMILES string of the molecule is CC(C)(C)[C@@H](CCOCc1ccccc1)CC(=O)O. The van der Waals surface area contributed by atoms with Crippen molar-refractivity contribution in [1.29, 1.82) is 0 Å². The average Bonchev–Trinajstić information content (AvgIpc) is 2.32. The Morgan fingerprint density at radius 1 is 1.26 bits per heavy atom. The van der Waals surface area contributed by atoms with Crippen LogP contribution in [0.1, 0.15) is 39.2 Å². The zero-order valence-corrected chi connectivity index (χ0v) is 12.1. The Morgan fingerprint density at radius 3 is 2.42 bits per heavy atom. The van der Waals surface area contributed by atoms with Gasteiger partial charge in [-0.05, 0) is 23.3 Å². The number of rotatable bonds is 7. The fraction of sp³-hybridized carbons (Fsp3) is 0.562. The van der Waals surface area contributed by atoms with Gasteiger partial charge in [0.25, 0.3) is 0 Å². The Labute approximate surface area is 115 Å². The molecule has 0 aromatic heterocycles. The highest BCUT2D eigenvalue weighted by Crippen LogP contribution is 2.31. The minimum Gasteiger partial charge on any atom is -0.481 e. The van der Waals surface area contributed by atoms with Gasteiger partial charge in [0.05, 0.1) is 6.61 Å². The third kappa shape index (κ3) is 6.39. The van der Waals surface area contributed by atoms with Crippen molar-refractivity contribution in [1.82, 2.24) is 0 Å². The van der Waals surface area contributed by atoms with Crippen LogP contribution in [0.4, 0.5) is 0 Å². The molecule has 1 N–H and O–H groups in total. The number of hydrogen-bond donors (Lipinski definition) is 1. The maximum absolute atomic E-state index is 10.9. The highest BCUT2D eigenvalue weighted by Gasteiger charge is 2.26. The predicted octanol–water partition coefficient (Wildman–Crippen LogP) is 3.73. The molecule has 0 unspecified atom stereocenters. The zero-order chi connectivity index (χ0) is 14.3. The van der Waals surface area contributed by atoms with Crippen LogP contribution < -0.4 is 0 Å². The van der Waals surface area contributed by atoms with Gasteiger partial charge in [-0.2, -0.15) is 0 Å². The summed E-state index contributed by atoms with van der Waals surface area (Å²) in [6.07, 6.45) is 0.987. The summed E-state index contributed by atoms with van der Waals surface area (Å²) < 4.78 is 5.63. The summed E-state index contributed by atoms with van der Waals surface area (Å²) in [6, 6.07) is 10.0. The summed E-state index contributed by atoms with van der Waals surface area (Å²) in [5.41, 5.74) is 1.14. The number of carbonyl (C=O) groups is 1. The van der Waals surface area contributed by atoms with Gasteiger partial charge in [-0.15, -0.1) is 0 Å². The van der Waals surface area contributed by atoms with Crippen LogP contribution in [0.3, 0.4) is 0 Å². The molecule has 0 saturated carbocycles. The lowest BCUT2D eigenvalue weighted by atomic mass is 9.77. The summed E-state index contributed by atoms with van der Waals surface area (Å²) in [4.78, 5) is 10.9. The molecule has 1 aromatic rings. The Morgan fingerprint density at radius 2 is 1.89 bits per heavy atom. The molecular formula is C16H24O3. The first-order valence-corrected chi connectivity index (χ1v) is 6.73. The monoisotopic (exact) mass is 264 g/mol. The maximum atomic E-state index is 10.9. The molecular weight excluding hydrogens is 240 g/mol. The first kappa shape index (κ1) is 15.7. The summed E-state index contributed by atoms with van der Waals surface area (Å²) >= 11 is 0. The van der Waals surface area contributed by atoms with Crippen LogP contribution in [0.2, 0.25) is 0 Å². The van der Waals surface area contributed by atoms with Crippen molar-refractivity contribution in [2.45, 2.75) is 40.2 Å². The lowest BCUT2D eigenvalue weighted by Gasteiger charge is -2.29. The molecule has 0 spiro atoms. The molecule has 0 amide bonds. The predicted molar refractivity (Wildman–Crippen MR) is 75.9 cm³/mol. The van der Waals surface area contributed by atoms with E-state index >= 15 is 0 Å². The number of benzene rings is 1. The second kappa shape index (κ2) is 7.29. The molecule has 0 aliphatic rings. The second-order valence-corrected chi connectivity index (χ2v) is 5.99. The molecule has 3 heteroatoms. The molecule has 1 atom stereocenters. The Bertz CT molecular complexity index is 379. The largest absolute Gasteiger partial charge is 0.481 e. The van der Waals surface area contributed by atoms with Gasteiger partial charge in [0.2, 0.25) is 0 Å². The summed E-state index contributed by atoms with van der Waals surface area (Å²) in [6.45, 7) is 7.43. The van der Waals surface area contributed by atoms with Gasteiger partial charge in [-0.25, -0.2) is 0 Å². The van der Waals surface area contributed by atoms with Crippen molar-refractivity contribution in [3.05, 3.63) is 35.9 Å². The highest BCUT2D eigenvalue weighted by atomic mass is 16.5. The van der Waals surface area contributed by atoms with E-state index in [4.69, 9.17) is 9.84 Å². The third-order valence-corrected chi connectivity index (χ3v) is 3.37. The van der Waals surface area contributed by atoms with Crippen LogP contribution in [-0.2, 0) is 16.1 Å². The van der Waals surface area contributed by atoms with Crippen molar-refractivity contribution >= 4 is 5.97 Å². The number of carboxylic acid groups (broad SMARTS) is 1. The van der Waals surface area contributed by atoms with E-state index in [0.29, 0.717) is 13.2 Å². The van der Waals surface area contributed by atoms with Crippen LogP contribution in [-0.4, -0.2) is 17.7 Å². The average molecular weight is 264 g/mol. The molecule has 0 radical (unpaired) electrons. The van der Waals surface area contributed by atoms with Crippen molar-refractivity contribution in [2.75, 3.05) is 6.61 Å². The minimum atomic E-state index is -0.733. The quantitative estimate of drug-likeness (QED) is 0.763. The van der Waals surface area contributed by atoms with Crippen LogP contribution in [0.15, 0.2) is 30.3 Å². The number of ether oxygens (including phenoxy) is 1. The first-order chi connectivity index (χ1) is 8.89. The first-order valence-electron chi connectivity index (χ1n) is 6.73. The van der Waals surface area contributed by atoms with E-state index in [1.54, 1.807) is 0 Å². The van der Waals surface area contributed by atoms with Gasteiger partial charge in [0.15, 0.2) is 0 Å². The van der Waals surface area contributed by atoms with Gasteiger partial charge < -0.3 is 9.84 Å². The molecule has 1 aromatic carbocycles. The fourth-order valence-corrected chi connectivity index (χ4v) is 2.04. The molecule has 3 nitrogen and oxygen atoms in total. The van der Waals surface area contributed by atoms with E-state index in [9.17, 15) is 4.79 Å². The molecule has 0 aliphatic heterocycles. The van der Waals surface area contributed by atoms with Gasteiger partial charge in [0, 0.05) is 13.0 Å². The van der Waals surface area contributed by atoms with Crippen molar-refractivity contribution in [2.24, 2.45) is 11.3 Å². The third-order valence-electron chi connectivity index (χ3n) is 3.37. The Kier molecular flexibility index (Phi) is 6.03. The smallest absolute Gasteiger partial charge is 0.303 e. The Hall–Kier alpha value is -1.35. The molecule has 0 bridgehead atoms. The number of aliphatic carboxylic acids is 1. The van der Waals surface area contributed by atoms with E-state index < -0.39 is 5.97 Å².